The molecule has 10 heteroatoms. The summed E-state index contributed by atoms with van der Waals surface area (Å²) in [5.41, 5.74) is 32.1. The standard InChI is InChI=1S/2C4H7N5/c2*5-2-1-8-4(7)9-3(2)6/h2*1H,5H2,(H4,6,7,8,9). The molecule has 0 unspecified atom stereocenters. The van der Waals surface area contributed by atoms with Gasteiger partial charge in [-0.05, 0) is 0 Å². The van der Waals surface area contributed by atoms with E-state index in [1.165, 1.54) is 12.4 Å². The third-order valence-corrected chi connectivity index (χ3v) is 1.73. The van der Waals surface area contributed by atoms with Gasteiger partial charge in [-0.25, -0.2) is 9.97 Å². The van der Waals surface area contributed by atoms with Crippen LogP contribution in [0, 0.1) is 0 Å². The minimum Gasteiger partial charge on any atom is -0.394 e. The van der Waals surface area contributed by atoms with E-state index in [4.69, 9.17) is 34.4 Å². The third kappa shape index (κ3) is 3.52. The van der Waals surface area contributed by atoms with Gasteiger partial charge < -0.3 is 34.4 Å². The summed E-state index contributed by atoms with van der Waals surface area (Å²) >= 11 is 0. The number of nitrogens with zero attached hydrogens (tertiary/aromatic N) is 4. The molecule has 0 aliphatic heterocycles. The fourth-order valence-corrected chi connectivity index (χ4v) is 0.837. The van der Waals surface area contributed by atoms with E-state index >= 15 is 0 Å². The summed E-state index contributed by atoms with van der Waals surface area (Å²) in [4.78, 5) is 14.4. The van der Waals surface area contributed by atoms with Gasteiger partial charge in [-0.15, -0.1) is 0 Å². The highest BCUT2D eigenvalue weighted by Gasteiger charge is 1.94. The number of hydrogen-bond donors (Lipinski definition) is 6. The average molecular weight is 250 g/mol. The van der Waals surface area contributed by atoms with Gasteiger partial charge in [0.25, 0.3) is 0 Å². The van der Waals surface area contributed by atoms with Crippen molar-refractivity contribution in [2.24, 2.45) is 0 Å². The van der Waals surface area contributed by atoms with Crippen LogP contribution < -0.4 is 34.4 Å². The van der Waals surface area contributed by atoms with Gasteiger partial charge >= 0.3 is 0 Å². The Kier molecular flexibility index (Phi) is 3.86. The van der Waals surface area contributed by atoms with Crippen molar-refractivity contribution in [1.29, 1.82) is 0 Å². The predicted molar refractivity (Wildman–Crippen MR) is 70.5 cm³/mol. The molecule has 0 atom stereocenters. The second kappa shape index (κ2) is 5.34. The van der Waals surface area contributed by atoms with Crippen LogP contribution in [0.3, 0.4) is 0 Å². The van der Waals surface area contributed by atoms with Gasteiger partial charge in [0, 0.05) is 0 Å². The van der Waals surface area contributed by atoms with Crippen LogP contribution >= 0.6 is 0 Å². The minimum atomic E-state index is 0.140. The number of hydrogen-bond acceptors (Lipinski definition) is 10. The van der Waals surface area contributed by atoms with Crippen LogP contribution in [0.5, 0.6) is 0 Å². The molecule has 0 amide bonds. The van der Waals surface area contributed by atoms with Crippen LogP contribution in [0.1, 0.15) is 0 Å². The summed E-state index contributed by atoms with van der Waals surface area (Å²) in [5, 5.41) is 0. The van der Waals surface area contributed by atoms with Gasteiger partial charge in [-0.3, -0.25) is 0 Å². The lowest BCUT2D eigenvalue weighted by Crippen LogP contribution is -2.02. The largest absolute Gasteiger partial charge is 0.394 e. The molecule has 18 heavy (non-hydrogen) atoms. The molecule has 10 nitrogen and oxygen atoms in total. The van der Waals surface area contributed by atoms with E-state index in [0.717, 1.165) is 0 Å². The average Bonchev–Trinajstić information content (AvgIpc) is 2.30. The van der Waals surface area contributed by atoms with Gasteiger partial charge in [0.05, 0.1) is 23.8 Å². The molecule has 2 rings (SSSR count). The van der Waals surface area contributed by atoms with E-state index in [1.807, 2.05) is 0 Å². The van der Waals surface area contributed by atoms with Crippen LogP contribution in [0.15, 0.2) is 12.4 Å². The maximum Gasteiger partial charge on any atom is 0.222 e. The quantitative estimate of drug-likeness (QED) is 0.317. The Labute approximate surface area is 102 Å². The fraction of sp³-hybridized carbons (Fsp3) is 0. The molecule has 2 aromatic rings. The second-order valence-electron chi connectivity index (χ2n) is 3.14. The molecule has 0 aliphatic carbocycles. The molecule has 0 saturated carbocycles. The molecule has 0 aliphatic rings. The maximum absolute atomic E-state index is 5.28. The zero-order valence-corrected chi connectivity index (χ0v) is 9.41. The zero-order chi connectivity index (χ0) is 13.7. The molecule has 12 N–H and O–H groups in total. The fourth-order valence-electron chi connectivity index (χ4n) is 0.837. The van der Waals surface area contributed by atoms with Crippen molar-refractivity contribution in [1.82, 2.24) is 19.9 Å². The molecule has 0 saturated heterocycles. The first-order valence-corrected chi connectivity index (χ1v) is 4.67. The van der Waals surface area contributed by atoms with E-state index in [1.54, 1.807) is 0 Å². The van der Waals surface area contributed by atoms with Crippen LogP contribution in [0.25, 0.3) is 0 Å². The molecule has 0 radical (unpaired) electrons. The second-order valence-corrected chi connectivity index (χ2v) is 3.14. The van der Waals surface area contributed by atoms with Crippen molar-refractivity contribution in [2.75, 3.05) is 34.4 Å². The highest BCUT2D eigenvalue weighted by atomic mass is 15.0. The van der Waals surface area contributed by atoms with Crippen molar-refractivity contribution in [3.63, 3.8) is 0 Å². The Bertz CT molecular complexity index is 490. The molecule has 0 spiro atoms. The van der Waals surface area contributed by atoms with Crippen LogP contribution in [-0.2, 0) is 0 Å². The number of nitrogen functional groups attached to an aromatic ring is 6. The first-order chi connectivity index (χ1) is 8.40. The number of rotatable bonds is 0. The zero-order valence-electron chi connectivity index (χ0n) is 9.41. The summed E-state index contributed by atoms with van der Waals surface area (Å²) in [7, 11) is 0. The molecular formula is C8H14N10. The SMILES string of the molecule is Nc1ncc(N)c(N)n1.Nc1ncc(N)c(N)n1. The molecular weight excluding hydrogens is 236 g/mol. The number of aromatic nitrogens is 4. The van der Waals surface area contributed by atoms with Crippen molar-refractivity contribution in [3.8, 4) is 0 Å². The summed E-state index contributed by atoms with van der Waals surface area (Å²) in [5.74, 6) is 0.730. The van der Waals surface area contributed by atoms with E-state index in [-0.39, 0.29) is 23.5 Å². The lowest BCUT2D eigenvalue weighted by atomic mass is 10.5. The Morgan fingerprint density at radius 1 is 0.611 bits per heavy atom. The summed E-state index contributed by atoms with van der Waals surface area (Å²) in [6, 6.07) is 0. The highest BCUT2D eigenvalue weighted by molar-refractivity contribution is 5.58. The van der Waals surface area contributed by atoms with Gasteiger partial charge in [0.2, 0.25) is 11.9 Å². The van der Waals surface area contributed by atoms with E-state index in [0.29, 0.717) is 11.4 Å². The maximum atomic E-state index is 5.28. The van der Waals surface area contributed by atoms with Crippen LogP contribution in [0.4, 0.5) is 34.9 Å². The predicted octanol–water partition coefficient (Wildman–Crippen LogP) is -1.55. The van der Waals surface area contributed by atoms with Gasteiger partial charge in [-0.1, -0.05) is 0 Å². The third-order valence-electron chi connectivity index (χ3n) is 1.73. The number of nitrogens with two attached hydrogens (primary N) is 6. The molecule has 2 heterocycles. The van der Waals surface area contributed by atoms with E-state index in [9.17, 15) is 0 Å². The minimum absolute atomic E-state index is 0.140. The Morgan fingerprint density at radius 2 is 0.944 bits per heavy atom. The summed E-state index contributed by atoms with van der Waals surface area (Å²) in [6.07, 6.45) is 2.75. The topological polar surface area (TPSA) is 208 Å². The number of anilines is 6. The van der Waals surface area contributed by atoms with Crippen LogP contribution in [0.2, 0.25) is 0 Å². The van der Waals surface area contributed by atoms with Gasteiger partial charge in [0.1, 0.15) is 0 Å². The first kappa shape index (κ1) is 13.0. The highest BCUT2D eigenvalue weighted by Crippen LogP contribution is 2.08. The molecule has 0 bridgehead atoms. The molecule has 0 aromatic carbocycles. The van der Waals surface area contributed by atoms with Gasteiger partial charge in [-0.2, -0.15) is 9.97 Å². The Balaban J connectivity index is 0.000000180. The van der Waals surface area contributed by atoms with Crippen molar-refractivity contribution in [3.05, 3.63) is 12.4 Å². The molecule has 96 valence electrons. The monoisotopic (exact) mass is 250 g/mol. The van der Waals surface area contributed by atoms with Crippen molar-refractivity contribution >= 4 is 34.9 Å². The summed E-state index contributed by atoms with van der Waals surface area (Å²) < 4.78 is 0. The van der Waals surface area contributed by atoms with E-state index in [2.05, 4.69) is 19.9 Å². The smallest absolute Gasteiger partial charge is 0.222 e. The lowest BCUT2D eigenvalue weighted by Gasteiger charge is -1.96. The molecule has 0 fully saturated rings. The normalized spacial score (nSPS) is 9.33. The van der Waals surface area contributed by atoms with Crippen molar-refractivity contribution in [2.45, 2.75) is 0 Å². The van der Waals surface area contributed by atoms with Crippen molar-refractivity contribution < 1.29 is 0 Å². The lowest BCUT2D eigenvalue weighted by molar-refractivity contribution is 1.20. The first-order valence-electron chi connectivity index (χ1n) is 4.67. The van der Waals surface area contributed by atoms with Crippen LogP contribution in [-0.4, -0.2) is 19.9 Å². The van der Waals surface area contributed by atoms with E-state index < -0.39 is 0 Å². The Hall–Kier alpha value is -3.04. The Morgan fingerprint density at radius 3 is 1.17 bits per heavy atom. The summed E-state index contributed by atoms with van der Waals surface area (Å²) in [6.45, 7) is 0. The molecule has 2 aromatic heterocycles. The van der Waals surface area contributed by atoms with Gasteiger partial charge in [0.15, 0.2) is 11.6 Å².